The summed E-state index contributed by atoms with van der Waals surface area (Å²) < 4.78 is 0. The largest absolute Gasteiger partial charge is 0.351 e. The lowest BCUT2D eigenvalue weighted by atomic mass is 10.0. The lowest BCUT2D eigenvalue weighted by Gasteiger charge is -2.17. The molecular formula is C11H18N2OS. The van der Waals surface area contributed by atoms with E-state index in [-0.39, 0.29) is 5.91 Å². The van der Waals surface area contributed by atoms with Crippen molar-refractivity contribution in [3.8, 4) is 0 Å². The van der Waals surface area contributed by atoms with Crippen molar-refractivity contribution < 1.29 is 4.79 Å². The highest BCUT2D eigenvalue weighted by atomic mass is 32.1. The van der Waals surface area contributed by atoms with Crippen molar-refractivity contribution in [2.24, 2.45) is 5.73 Å². The minimum Gasteiger partial charge on any atom is -0.351 e. The summed E-state index contributed by atoms with van der Waals surface area (Å²) in [5, 5.41) is 2.86. The second kappa shape index (κ2) is 4.77. The van der Waals surface area contributed by atoms with Crippen molar-refractivity contribution in [1.82, 2.24) is 5.32 Å². The van der Waals surface area contributed by atoms with Crippen LogP contribution in [0.1, 0.15) is 30.0 Å². The van der Waals surface area contributed by atoms with E-state index in [9.17, 15) is 4.79 Å². The molecule has 84 valence electrons. The summed E-state index contributed by atoms with van der Waals surface area (Å²) in [6.07, 6.45) is 0.358. The van der Waals surface area contributed by atoms with Crippen LogP contribution in [0.3, 0.4) is 0 Å². The summed E-state index contributed by atoms with van der Waals surface area (Å²) in [6.45, 7) is 6.36. The van der Waals surface area contributed by atoms with Crippen LogP contribution in [0.15, 0.2) is 12.1 Å². The van der Waals surface area contributed by atoms with Gasteiger partial charge in [-0.05, 0) is 32.9 Å². The van der Waals surface area contributed by atoms with Gasteiger partial charge in [-0.2, -0.15) is 0 Å². The van der Waals surface area contributed by atoms with Crippen molar-refractivity contribution in [3.63, 3.8) is 0 Å². The van der Waals surface area contributed by atoms with Gasteiger partial charge in [0, 0.05) is 21.7 Å². The van der Waals surface area contributed by atoms with Gasteiger partial charge in [0.25, 0.3) is 0 Å². The number of hydrogen-bond acceptors (Lipinski definition) is 3. The van der Waals surface area contributed by atoms with E-state index in [1.54, 1.807) is 11.3 Å². The van der Waals surface area contributed by atoms with E-state index in [0.29, 0.717) is 13.0 Å². The average Bonchev–Trinajstić information content (AvgIpc) is 2.45. The molecule has 1 aromatic rings. The Bertz CT molecular complexity index is 339. The van der Waals surface area contributed by atoms with Gasteiger partial charge in [-0.3, -0.25) is 4.79 Å². The molecule has 0 aliphatic heterocycles. The molecule has 0 aliphatic rings. The van der Waals surface area contributed by atoms with Crippen LogP contribution in [0.25, 0.3) is 0 Å². The molecule has 4 heteroatoms. The van der Waals surface area contributed by atoms with Crippen LogP contribution in [0, 0.1) is 6.92 Å². The van der Waals surface area contributed by atoms with Gasteiger partial charge in [0.2, 0.25) is 5.91 Å². The SMILES string of the molecule is Cc1ccc(CNC(=O)CC(C)(C)N)s1. The summed E-state index contributed by atoms with van der Waals surface area (Å²) in [6, 6.07) is 4.09. The highest BCUT2D eigenvalue weighted by molar-refractivity contribution is 7.11. The van der Waals surface area contributed by atoms with Crippen LogP contribution in [0.2, 0.25) is 0 Å². The highest BCUT2D eigenvalue weighted by Crippen LogP contribution is 2.14. The molecule has 0 spiro atoms. The number of nitrogens with two attached hydrogens (primary N) is 1. The monoisotopic (exact) mass is 226 g/mol. The molecule has 0 bridgehead atoms. The molecule has 0 aliphatic carbocycles. The maximum atomic E-state index is 11.5. The smallest absolute Gasteiger partial charge is 0.222 e. The number of nitrogens with one attached hydrogen (secondary N) is 1. The van der Waals surface area contributed by atoms with Crippen molar-refractivity contribution >= 4 is 17.2 Å². The lowest BCUT2D eigenvalue weighted by molar-refractivity contribution is -0.122. The van der Waals surface area contributed by atoms with Gasteiger partial charge in [-0.15, -0.1) is 11.3 Å². The number of thiophene rings is 1. The quantitative estimate of drug-likeness (QED) is 0.822. The molecule has 1 heterocycles. The van der Waals surface area contributed by atoms with Crippen molar-refractivity contribution in [1.29, 1.82) is 0 Å². The first-order valence-corrected chi connectivity index (χ1v) is 5.79. The molecule has 15 heavy (non-hydrogen) atoms. The first-order valence-electron chi connectivity index (χ1n) is 4.98. The number of carbonyl (C=O) groups excluding carboxylic acids is 1. The van der Waals surface area contributed by atoms with Gasteiger partial charge >= 0.3 is 0 Å². The minimum absolute atomic E-state index is 0.00792. The molecule has 1 rings (SSSR count). The van der Waals surface area contributed by atoms with Crippen LogP contribution in [0.5, 0.6) is 0 Å². The normalized spacial score (nSPS) is 11.5. The Balaban J connectivity index is 2.35. The maximum absolute atomic E-state index is 11.5. The fourth-order valence-electron chi connectivity index (χ4n) is 1.24. The second-order valence-electron chi connectivity index (χ2n) is 4.45. The van der Waals surface area contributed by atoms with Crippen molar-refractivity contribution in [3.05, 3.63) is 21.9 Å². The van der Waals surface area contributed by atoms with Gasteiger partial charge in [0.15, 0.2) is 0 Å². The third-order valence-corrected chi connectivity index (χ3v) is 2.87. The Morgan fingerprint density at radius 1 is 1.53 bits per heavy atom. The zero-order valence-corrected chi connectivity index (χ0v) is 10.3. The van der Waals surface area contributed by atoms with Crippen LogP contribution in [-0.2, 0) is 11.3 Å². The molecule has 0 saturated heterocycles. The zero-order valence-electron chi connectivity index (χ0n) is 9.46. The average molecular weight is 226 g/mol. The second-order valence-corrected chi connectivity index (χ2v) is 5.83. The predicted octanol–water partition coefficient (Wildman–Crippen LogP) is 1.80. The predicted molar refractivity (Wildman–Crippen MR) is 63.8 cm³/mol. The van der Waals surface area contributed by atoms with E-state index >= 15 is 0 Å². The Morgan fingerprint density at radius 3 is 2.67 bits per heavy atom. The third kappa shape index (κ3) is 4.95. The first-order chi connectivity index (χ1) is 6.87. The van der Waals surface area contributed by atoms with Gasteiger partial charge in [0.1, 0.15) is 0 Å². The minimum atomic E-state index is -0.435. The van der Waals surface area contributed by atoms with Crippen molar-refractivity contribution in [2.45, 2.75) is 39.3 Å². The number of carbonyl (C=O) groups is 1. The molecule has 1 aromatic heterocycles. The molecule has 3 nitrogen and oxygen atoms in total. The summed E-state index contributed by atoms with van der Waals surface area (Å²) in [5.41, 5.74) is 5.32. The molecule has 0 fully saturated rings. The number of amides is 1. The highest BCUT2D eigenvalue weighted by Gasteiger charge is 2.15. The molecular weight excluding hydrogens is 208 g/mol. The molecule has 3 N–H and O–H groups in total. The third-order valence-electron chi connectivity index (χ3n) is 1.87. The van der Waals surface area contributed by atoms with Crippen LogP contribution in [0.4, 0.5) is 0 Å². The summed E-state index contributed by atoms with van der Waals surface area (Å²) >= 11 is 1.70. The van der Waals surface area contributed by atoms with Gasteiger partial charge in [0.05, 0.1) is 6.54 Å². The van der Waals surface area contributed by atoms with Crippen LogP contribution in [-0.4, -0.2) is 11.4 Å². The van der Waals surface area contributed by atoms with E-state index in [0.717, 1.165) is 0 Å². The Labute approximate surface area is 94.7 Å². The Morgan fingerprint density at radius 2 is 2.20 bits per heavy atom. The summed E-state index contributed by atoms with van der Waals surface area (Å²) in [7, 11) is 0. The lowest BCUT2D eigenvalue weighted by Crippen LogP contribution is -2.38. The zero-order chi connectivity index (χ0) is 11.5. The van der Waals surface area contributed by atoms with E-state index in [1.165, 1.54) is 9.75 Å². The first kappa shape index (κ1) is 12.2. The number of rotatable bonds is 4. The molecule has 1 amide bonds. The van der Waals surface area contributed by atoms with E-state index in [1.807, 2.05) is 19.9 Å². The summed E-state index contributed by atoms with van der Waals surface area (Å²) in [4.78, 5) is 13.9. The summed E-state index contributed by atoms with van der Waals surface area (Å²) in [5.74, 6) is 0.00792. The van der Waals surface area contributed by atoms with Gasteiger partial charge in [-0.25, -0.2) is 0 Å². The molecule has 0 aromatic carbocycles. The van der Waals surface area contributed by atoms with E-state index in [2.05, 4.69) is 18.3 Å². The standard InChI is InChI=1S/C11H18N2OS/c1-8-4-5-9(15-8)7-13-10(14)6-11(2,3)12/h4-5H,6-7,12H2,1-3H3,(H,13,14). The fourth-order valence-corrected chi connectivity index (χ4v) is 2.07. The molecule has 0 radical (unpaired) electrons. The topological polar surface area (TPSA) is 55.1 Å². The van der Waals surface area contributed by atoms with Gasteiger partial charge in [-0.1, -0.05) is 0 Å². The van der Waals surface area contributed by atoms with Crippen LogP contribution < -0.4 is 11.1 Å². The number of hydrogen-bond donors (Lipinski definition) is 2. The Hall–Kier alpha value is -0.870. The van der Waals surface area contributed by atoms with E-state index < -0.39 is 5.54 Å². The van der Waals surface area contributed by atoms with E-state index in [4.69, 9.17) is 5.73 Å². The fraction of sp³-hybridized carbons (Fsp3) is 0.545. The molecule has 0 atom stereocenters. The molecule has 0 unspecified atom stereocenters. The van der Waals surface area contributed by atoms with Crippen LogP contribution >= 0.6 is 11.3 Å². The number of aryl methyl sites for hydroxylation is 1. The molecule has 0 saturated carbocycles. The maximum Gasteiger partial charge on any atom is 0.222 e. The Kier molecular flexibility index (Phi) is 3.88. The van der Waals surface area contributed by atoms with Crippen molar-refractivity contribution in [2.75, 3.05) is 0 Å². The van der Waals surface area contributed by atoms with Gasteiger partial charge < -0.3 is 11.1 Å².